The van der Waals surface area contributed by atoms with Gasteiger partial charge in [-0.25, -0.2) is 4.79 Å². The van der Waals surface area contributed by atoms with E-state index in [-0.39, 0.29) is 0 Å². The number of hydrogen-bond acceptors (Lipinski definition) is 4. The summed E-state index contributed by atoms with van der Waals surface area (Å²) in [6.45, 7) is -0.482. The maximum Gasteiger partial charge on any atom is 0.344 e. The van der Waals surface area contributed by atoms with Gasteiger partial charge in [0.1, 0.15) is 5.71 Å². The van der Waals surface area contributed by atoms with Crippen molar-refractivity contribution in [3.8, 4) is 0 Å². The molecular formula is C21H17NO3S. The number of oxime groups is 1. The molecule has 0 atom stereocenters. The monoisotopic (exact) mass is 363 g/mol. The fourth-order valence-electron chi connectivity index (χ4n) is 2.37. The van der Waals surface area contributed by atoms with E-state index in [1.807, 2.05) is 84.9 Å². The molecule has 0 unspecified atom stereocenters. The van der Waals surface area contributed by atoms with E-state index in [2.05, 4.69) is 5.16 Å². The first kappa shape index (κ1) is 17.8. The van der Waals surface area contributed by atoms with Crippen LogP contribution in [0.1, 0.15) is 11.1 Å². The Balaban J connectivity index is 2.00. The van der Waals surface area contributed by atoms with Crippen LogP contribution in [-0.4, -0.2) is 23.4 Å². The van der Waals surface area contributed by atoms with Crippen LogP contribution in [0.3, 0.4) is 0 Å². The fraction of sp³-hybridized carbons (Fsp3) is 0.0476. The van der Waals surface area contributed by atoms with Gasteiger partial charge < -0.3 is 9.94 Å². The van der Waals surface area contributed by atoms with Gasteiger partial charge in [0.15, 0.2) is 0 Å². The predicted octanol–water partition coefficient (Wildman–Crippen LogP) is 4.69. The van der Waals surface area contributed by atoms with Crippen LogP contribution in [0.5, 0.6) is 0 Å². The Morgan fingerprint density at radius 3 is 2.19 bits per heavy atom. The van der Waals surface area contributed by atoms with Gasteiger partial charge in [-0.05, 0) is 18.2 Å². The maximum absolute atomic E-state index is 10.8. The van der Waals surface area contributed by atoms with Crippen molar-refractivity contribution in [2.75, 3.05) is 6.61 Å². The molecule has 26 heavy (non-hydrogen) atoms. The standard InChI is InChI=1S/C21H17NO3S/c23-20(24)15-25-22-21(16-9-3-1-4-10-16)18-13-7-8-14-19(18)26-17-11-5-2-6-12-17/h1-14H,15H2,(H,23,24)/b22-21+. The Morgan fingerprint density at radius 2 is 1.50 bits per heavy atom. The summed E-state index contributed by atoms with van der Waals surface area (Å²) in [4.78, 5) is 17.9. The van der Waals surface area contributed by atoms with E-state index < -0.39 is 12.6 Å². The van der Waals surface area contributed by atoms with Gasteiger partial charge in [-0.3, -0.25) is 0 Å². The highest BCUT2D eigenvalue weighted by Crippen LogP contribution is 2.31. The SMILES string of the molecule is O=C(O)CO/N=C(\c1ccccc1)c1ccccc1Sc1ccccc1. The van der Waals surface area contributed by atoms with E-state index in [9.17, 15) is 4.79 Å². The molecule has 0 bridgehead atoms. The van der Waals surface area contributed by atoms with Crippen LogP contribution in [0.4, 0.5) is 0 Å². The molecule has 0 fully saturated rings. The first-order chi connectivity index (χ1) is 12.7. The highest BCUT2D eigenvalue weighted by atomic mass is 32.2. The summed E-state index contributed by atoms with van der Waals surface area (Å²) >= 11 is 1.62. The second kappa shape index (κ2) is 8.87. The third kappa shape index (κ3) is 4.74. The number of nitrogens with zero attached hydrogens (tertiary/aromatic N) is 1. The van der Waals surface area contributed by atoms with Crippen molar-refractivity contribution < 1.29 is 14.7 Å². The van der Waals surface area contributed by atoms with E-state index in [1.54, 1.807) is 11.8 Å². The average Bonchev–Trinajstić information content (AvgIpc) is 2.67. The summed E-state index contributed by atoms with van der Waals surface area (Å²) < 4.78 is 0. The number of carbonyl (C=O) groups is 1. The lowest BCUT2D eigenvalue weighted by molar-refractivity contribution is -0.142. The molecule has 0 aromatic heterocycles. The van der Waals surface area contributed by atoms with Gasteiger partial charge in [0.2, 0.25) is 6.61 Å². The van der Waals surface area contributed by atoms with Gasteiger partial charge in [-0.2, -0.15) is 0 Å². The number of hydrogen-bond donors (Lipinski definition) is 1. The Kier molecular flexibility index (Phi) is 6.06. The van der Waals surface area contributed by atoms with Crippen molar-refractivity contribution in [3.05, 3.63) is 96.1 Å². The van der Waals surface area contributed by atoms with E-state index in [0.29, 0.717) is 5.71 Å². The van der Waals surface area contributed by atoms with Crippen molar-refractivity contribution in [2.24, 2.45) is 5.16 Å². The third-order valence-electron chi connectivity index (χ3n) is 3.50. The zero-order valence-corrected chi connectivity index (χ0v) is 14.7. The molecular weight excluding hydrogens is 346 g/mol. The maximum atomic E-state index is 10.8. The predicted molar refractivity (Wildman–Crippen MR) is 103 cm³/mol. The number of benzene rings is 3. The molecule has 3 aromatic carbocycles. The lowest BCUT2D eigenvalue weighted by atomic mass is 10.0. The lowest BCUT2D eigenvalue weighted by Crippen LogP contribution is -2.09. The molecule has 0 radical (unpaired) electrons. The van der Waals surface area contributed by atoms with E-state index >= 15 is 0 Å². The molecule has 1 N–H and O–H groups in total. The Hall–Kier alpha value is -3.05. The summed E-state index contributed by atoms with van der Waals surface area (Å²) in [7, 11) is 0. The molecule has 4 nitrogen and oxygen atoms in total. The van der Waals surface area contributed by atoms with Crippen LogP contribution >= 0.6 is 11.8 Å². The lowest BCUT2D eigenvalue weighted by Gasteiger charge is -2.12. The zero-order chi connectivity index (χ0) is 18.2. The topological polar surface area (TPSA) is 58.9 Å². The van der Waals surface area contributed by atoms with Crippen molar-refractivity contribution in [3.63, 3.8) is 0 Å². The van der Waals surface area contributed by atoms with Gasteiger partial charge in [0, 0.05) is 20.9 Å². The van der Waals surface area contributed by atoms with Gasteiger partial charge in [-0.1, -0.05) is 83.6 Å². The minimum absolute atomic E-state index is 0.482. The van der Waals surface area contributed by atoms with Crippen molar-refractivity contribution in [1.29, 1.82) is 0 Å². The molecule has 0 aliphatic carbocycles. The molecule has 0 aliphatic rings. The van der Waals surface area contributed by atoms with Gasteiger partial charge in [0.25, 0.3) is 0 Å². The van der Waals surface area contributed by atoms with Gasteiger partial charge in [-0.15, -0.1) is 0 Å². The molecule has 0 heterocycles. The smallest absolute Gasteiger partial charge is 0.344 e. The van der Waals surface area contributed by atoms with Gasteiger partial charge >= 0.3 is 5.97 Å². The summed E-state index contributed by atoms with van der Waals surface area (Å²) in [5.74, 6) is -1.06. The quantitative estimate of drug-likeness (QED) is 0.489. The third-order valence-corrected chi connectivity index (χ3v) is 4.59. The highest BCUT2D eigenvalue weighted by molar-refractivity contribution is 7.99. The first-order valence-electron chi connectivity index (χ1n) is 8.03. The molecule has 0 aliphatic heterocycles. The second-order valence-electron chi connectivity index (χ2n) is 5.38. The normalized spacial score (nSPS) is 11.2. The van der Waals surface area contributed by atoms with Crippen molar-refractivity contribution in [2.45, 2.75) is 9.79 Å². The average molecular weight is 363 g/mol. The summed E-state index contributed by atoms with van der Waals surface area (Å²) in [6.07, 6.45) is 0. The summed E-state index contributed by atoms with van der Waals surface area (Å²) in [5.41, 5.74) is 2.35. The van der Waals surface area contributed by atoms with Crippen LogP contribution in [0, 0.1) is 0 Å². The largest absolute Gasteiger partial charge is 0.479 e. The molecule has 0 spiro atoms. The van der Waals surface area contributed by atoms with Crippen LogP contribution < -0.4 is 0 Å². The summed E-state index contributed by atoms with van der Waals surface area (Å²) in [6, 6.07) is 27.5. The van der Waals surface area contributed by atoms with Crippen LogP contribution in [-0.2, 0) is 9.63 Å². The number of carboxylic acids is 1. The molecule has 3 rings (SSSR count). The molecule has 3 aromatic rings. The minimum atomic E-state index is -1.06. The molecule has 0 saturated carbocycles. The molecule has 130 valence electrons. The van der Waals surface area contributed by atoms with E-state index in [1.165, 1.54) is 0 Å². The first-order valence-corrected chi connectivity index (χ1v) is 8.85. The Morgan fingerprint density at radius 1 is 0.885 bits per heavy atom. The number of aliphatic carboxylic acids is 1. The van der Waals surface area contributed by atoms with Crippen LogP contribution in [0.15, 0.2) is 99.9 Å². The Bertz CT molecular complexity index is 895. The minimum Gasteiger partial charge on any atom is -0.479 e. The van der Waals surface area contributed by atoms with E-state index in [0.717, 1.165) is 20.9 Å². The van der Waals surface area contributed by atoms with Crippen LogP contribution in [0.25, 0.3) is 0 Å². The second-order valence-corrected chi connectivity index (χ2v) is 6.50. The fourth-order valence-corrected chi connectivity index (χ4v) is 3.34. The van der Waals surface area contributed by atoms with Gasteiger partial charge in [0.05, 0.1) is 0 Å². The van der Waals surface area contributed by atoms with Crippen LogP contribution in [0.2, 0.25) is 0 Å². The number of carboxylic acid groups (broad SMARTS) is 1. The molecule has 0 saturated heterocycles. The molecule has 5 heteroatoms. The highest BCUT2D eigenvalue weighted by Gasteiger charge is 2.13. The van der Waals surface area contributed by atoms with E-state index in [4.69, 9.17) is 9.94 Å². The number of rotatable bonds is 7. The van der Waals surface area contributed by atoms with Crippen molar-refractivity contribution in [1.82, 2.24) is 0 Å². The summed E-state index contributed by atoms with van der Waals surface area (Å²) in [5, 5.41) is 12.9. The zero-order valence-electron chi connectivity index (χ0n) is 13.9. The molecule has 0 amide bonds. The Labute approximate surface area is 156 Å². The van der Waals surface area contributed by atoms with Crippen molar-refractivity contribution >= 4 is 23.4 Å².